The van der Waals surface area contributed by atoms with Crippen molar-refractivity contribution in [1.29, 1.82) is 0 Å². The molecule has 0 bridgehead atoms. The summed E-state index contributed by atoms with van der Waals surface area (Å²) in [5.74, 6) is 1.09. The predicted molar refractivity (Wildman–Crippen MR) is 59.9 cm³/mol. The molecule has 0 heterocycles. The van der Waals surface area contributed by atoms with Crippen LogP contribution in [-0.4, -0.2) is 19.3 Å². The minimum Gasteiger partial charge on any atom is -0.504 e. The second-order valence-electron chi connectivity index (χ2n) is 4.45. The van der Waals surface area contributed by atoms with Crippen molar-refractivity contribution in [2.45, 2.75) is 26.2 Å². The molecule has 0 spiro atoms. The summed E-state index contributed by atoms with van der Waals surface area (Å²) in [4.78, 5) is 0. The summed E-state index contributed by atoms with van der Waals surface area (Å²) < 4.78 is 10.2. The molecule has 84 valence electrons. The topological polar surface area (TPSA) is 38.7 Å². The Kier molecular flexibility index (Phi) is 3.12. The summed E-state index contributed by atoms with van der Waals surface area (Å²) in [7, 11) is 3.07. The van der Waals surface area contributed by atoms with Crippen molar-refractivity contribution in [3.8, 4) is 17.2 Å². The van der Waals surface area contributed by atoms with E-state index in [0.29, 0.717) is 11.5 Å². The van der Waals surface area contributed by atoms with Gasteiger partial charge in [0.1, 0.15) is 0 Å². The molecule has 0 aliphatic rings. The van der Waals surface area contributed by atoms with Crippen LogP contribution in [-0.2, 0) is 5.41 Å². The minimum absolute atomic E-state index is 0.121. The molecule has 0 atom stereocenters. The first kappa shape index (κ1) is 11.7. The smallest absolute Gasteiger partial charge is 0.203 e. The second-order valence-corrected chi connectivity index (χ2v) is 4.45. The number of benzene rings is 1. The number of phenols is 1. The zero-order chi connectivity index (χ0) is 11.6. The average Bonchev–Trinajstić information content (AvgIpc) is 2.15. The molecule has 1 rings (SSSR count). The van der Waals surface area contributed by atoms with Crippen LogP contribution in [0.5, 0.6) is 17.2 Å². The predicted octanol–water partition coefficient (Wildman–Crippen LogP) is 2.71. The zero-order valence-corrected chi connectivity index (χ0v) is 9.92. The summed E-state index contributed by atoms with van der Waals surface area (Å²) in [6, 6.07) is 3.66. The minimum atomic E-state index is -0.121. The van der Waals surface area contributed by atoms with E-state index in [1.54, 1.807) is 13.2 Å². The van der Waals surface area contributed by atoms with Gasteiger partial charge >= 0.3 is 0 Å². The normalized spacial score (nSPS) is 11.3. The van der Waals surface area contributed by atoms with Crippen molar-refractivity contribution >= 4 is 0 Å². The first-order chi connectivity index (χ1) is 6.91. The Labute approximate surface area is 90.6 Å². The highest BCUT2D eigenvalue weighted by Crippen LogP contribution is 2.43. The lowest BCUT2D eigenvalue weighted by molar-refractivity contribution is 0.328. The van der Waals surface area contributed by atoms with Gasteiger partial charge in [0, 0.05) is 5.56 Å². The molecule has 0 aliphatic heterocycles. The third-order valence-corrected chi connectivity index (χ3v) is 2.33. The van der Waals surface area contributed by atoms with Gasteiger partial charge in [-0.1, -0.05) is 26.8 Å². The molecule has 0 saturated carbocycles. The van der Waals surface area contributed by atoms with Crippen LogP contribution < -0.4 is 9.47 Å². The standard InChI is InChI=1S/C12H18O3/c1-12(2,3)8-6-7-9(14-4)11(15-5)10(8)13/h6-7,13H,1-5H3. The Morgan fingerprint density at radius 3 is 2.07 bits per heavy atom. The lowest BCUT2D eigenvalue weighted by atomic mass is 9.86. The van der Waals surface area contributed by atoms with E-state index in [1.165, 1.54) is 7.11 Å². The van der Waals surface area contributed by atoms with Gasteiger partial charge in [0.15, 0.2) is 11.5 Å². The Morgan fingerprint density at radius 2 is 1.67 bits per heavy atom. The number of aromatic hydroxyl groups is 1. The van der Waals surface area contributed by atoms with Crippen molar-refractivity contribution < 1.29 is 14.6 Å². The van der Waals surface area contributed by atoms with E-state index < -0.39 is 0 Å². The maximum atomic E-state index is 10.0. The van der Waals surface area contributed by atoms with E-state index in [1.807, 2.05) is 26.8 Å². The van der Waals surface area contributed by atoms with Crippen molar-refractivity contribution in [2.24, 2.45) is 0 Å². The van der Waals surface area contributed by atoms with Gasteiger partial charge in [-0.25, -0.2) is 0 Å². The Hall–Kier alpha value is -1.38. The molecule has 3 heteroatoms. The Morgan fingerprint density at radius 1 is 1.07 bits per heavy atom. The molecule has 1 aromatic rings. The maximum absolute atomic E-state index is 10.0. The summed E-state index contributed by atoms with van der Waals surface area (Å²) >= 11 is 0. The maximum Gasteiger partial charge on any atom is 0.203 e. The van der Waals surface area contributed by atoms with E-state index in [9.17, 15) is 5.11 Å². The fourth-order valence-corrected chi connectivity index (χ4v) is 1.52. The van der Waals surface area contributed by atoms with E-state index in [0.717, 1.165) is 5.56 Å². The summed E-state index contributed by atoms with van der Waals surface area (Å²) in [5, 5.41) is 10.0. The number of rotatable bonds is 2. The van der Waals surface area contributed by atoms with Crippen LogP contribution >= 0.6 is 0 Å². The van der Waals surface area contributed by atoms with Gasteiger partial charge in [-0.3, -0.25) is 0 Å². The number of ether oxygens (including phenoxy) is 2. The van der Waals surface area contributed by atoms with E-state index >= 15 is 0 Å². The number of hydrogen-bond acceptors (Lipinski definition) is 3. The average molecular weight is 210 g/mol. The third-order valence-electron chi connectivity index (χ3n) is 2.33. The van der Waals surface area contributed by atoms with Gasteiger partial charge in [0.05, 0.1) is 14.2 Å². The molecule has 0 saturated heterocycles. The van der Waals surface area contributed by atoms with E-state index in [2.05, 4.69) is 0 Å². The zero-order valence-electron chi connectivity index (χ0n) is 9.92. The molecule has 15 heavy (non-hydrogen) atoms. The molecule has 1 N–H and O–H groups in total. The van der Waals surface area contributed by atoms with Gasteiger partial charge in [-0.15, -0.1) is 0 Å². The highest BCUT2D eigenvalue weighted by Gasteiger charge is 2.22. The monoisotopic (exact) mass is 210 g/mol. The first-order valence-corrected chi connectivity index (χ1v) is 4.86. The summed E-state index contributed by atoms with van der Waals surface area (Å²) in [6.45, 7) is 6.11. The molecule has 0 unspecified atom stereocenters. The van der Waals surface area contributed by atoms with Crippen molar-refractivity contribution in [1.82, 2.24) is 0 Å². The molecule has 3 nitrogen and oxygen atoms in total. The van der Waals surface area contributed by atoms with Crippen molar-refractivity contribution in [3.63, 3.8) is 0 Å². The van der Waals surface area contributed by atoms with Gasteiger partial charge in [0.2, 0.25) is 5.75 Å². The molecule has 0 amide bonds. The highest BCUT2D eigenvalue weighted by atomic mass is 16.5. The fraction of sp³-hybridized carbons (Fsp3) is 0.500. The van der Waals surface area contributed by atoms with Crippen LogP contribution in [0.4, 0.5) is 0 Å². The molecule has 0 aliphatic carbocycles. The van der Waals surface area contributed by atoms with E-state index in [-0.39, 0.29) is 11.2 Å². The van der Waals surface area contributed by atoms with E-state index in [4.69, 9.17) is 9.47 Å². The van der Waals surface area contributed by atoms with Gasteiger partial charge in [0.25, 0.3) is 0 Å². The van der Waals surface area contributed by atoms with Crippen LogP contribution in [0.25, 0.3) is 0 Å². The lowest BCUT2D eigenvalue weighted by Gasteiger charge is -2.22. The van der Waals surface area contributed by atoms with Crippen LogP contribution in [0.3, 0.4) is 0 Å². The number of methoxy groups -OCH3 is 2. The Balaban J connectivity index is 3.36. The SMILES string of the molecule is COc1ccc(C(C)(C)C)c(O)c1OC. The van der Waals surface area contributed by atoms with Crippen LogP contribution in [0.2, 0.25) is 0 Å². The quantitative estimate of drug-likeness (QED) is 0.815. The second kappa shape index (κ2) is 4.01. The van der Waals surface area contributed by atoms with Crippen LogP contribution in [0, 0.1) is 0 Å². The highest BCUT2D eigenvalue weighted by molar-refractivity contribution is 5.56. The molecule has 1 aromatic carbocycles. The van der Waals surface area contributed by atoms with Crippen LogP contribution in [0.15, 0.2) is 12.1 Å². The molecule has 0 fully saturated rings. The summed E-state index contributed by atoms with van der Waals surface area (Å²) in [6.07, 6.45) is 0. The Bertz CT molecular complexity index is 351. The van der Waals surface area contributed by atoms with Crippen molar-refractivity contribution in [2.75, 3.05) is 14.2 Å². The molecular weight excluding hydrogens is 192 g/mol. The van der Waals surface area contributed by atoms with Crippen LogP contribution in [0.1, 0.15) is 26.3 Å². The van der Waals surface area contributed by atoms with Gasteiger partial charge in [-0.05, 0) is 11.5 Å². The number of phenolic OH excluding ortho intramolecular Hbond substituents is 1. The largest absolute Gasteiger partial charge is 0.504 e. The third kappa shape index (κ3) is 2.17. The molecule has 0 aromatic heterocycles. The molecule has 0 radical (unpaired) electrons. The first-order valence-electron chi connectivity index (χ1n) is 4.86. The number of hydrogen-bond donors (Lipinski definition) is 1. The molecular formula is C12H18O3. The van der Waals surface area contributed by atoms with Crippen molar-refractivity contribution in [3.05, 3.63) is 17.7 Å². The summed E-state index contributed by atoms with van der Waals surface area (Å²) in [5.41, 5.74) is 0.726. The lowest BCUT2D eigenvalue weighted by Crippen LogP contribution is -2.11. The van der Waals surface area contributed by atoms with Gasteiger partial charge < -0.3 is 14.6 Å². The fourth-order valence-electron chi connectivity index (χ4n) is 1.52. The van der Waals surface area contributed by atoms with Gasteiger partial charge in [-0.2, -0.15) is 0 Å².